The summed E-state index contributed by atoms with van der Waals surface area (Å²) in [6.07, 6.45) is 1.10. The molecule has 0 aliphatic heterocycles. The van der Waals surface area contributed by atoms with Crippen molar-refractivity contribution in [2.75, 3.05) is 19.4 Å². The summed E-state index contributed by atoms with van der Waals surface area (Å²) < 4.78 is 16.0. The molecule has 1 amide bonds. The molecular formula is C17H21NO4S. The van der Waals surface area contributed by atoms with Gasteiger partial charge in [0.2, 0.25) is 0 Å². The van der Waals surface area contributed by atoms with Crippen LogP contribution in [0.15, 0.2) is 47.1 Å². The highest BCUT2D eigenvalue weighted by atomic mass is 32.2. The van der Waals surface area contributed by atoms with Crippen LogP contribution in [0.4, 0.5) is 0 Å². The average molecular weight is 335 g/mol. The number of hydrogen-bond acceptors (Lipinski definition) is 5. The number of thioether (sulfide) groups is 1. The molecule has 1 aromatic carbocycles. The van der Waals surface area contributed by atoms with Crippen molar-refractivity contribution in [3.8, 4) is 11.5 Å². The lowest BCUT2D eigenvalue weighted by molar-refractivity contribution is -0.127. The maximum absolute atomic E-state index is 12.0. The van der Waals surface area contributed by atoms with Gasteiger partial charge in [-0.15, -0.1) is 0 Å². The van der Waals surface area contributed by atoms with E-state index in [2.05, 4.69) is 5.32 Å². The molecule has 124 valence electrons. The molecule has 6 heteroatoms. The van der Waals surface area contributed by atoms with Gasteiger partial charge in [0.25, 0.3) is 5.91 Å². The molecule has 0 spiro atoms. The van der Waals surface area contributed by atoms with Crippen LogP contribution in [0.3, 0.4) is 0 Å². The number of amides is 1. The minimum absolute atomic E-state index is 0.133. The van der Waals surface area contributed by atoms with Gasteiger partial charge in [0.05, 0.1) is 19.1 Å². The highest BCUT2D eigenvalue weighted by molar-refractivity contribution is 7.98. The van der Waals surface area contributed by atoms with Crippen molar-refractivity contribution in [3.05, 3.63) is 48.4 Å². The van der Waals surface area contributed by atoms with E-state index in [1.54, 1.807) is 44.2 Å². The molecule has 23 heavy (non-hydrogen) atoms. The molecular weight excluding hydrogens is 314 g/mol. The monoisotopic (exact) mass is 335 g/mol. The number of carbonyl (C=O) groups is 1. The molecule has 0 saturated heterocycles. The smallest absolute Gasteiger partial charge is 0.260 e. The molecule has 5 nitrogen and oxygen atoms in total. The molecule has 0 aliphatic rings. The normalized spacial score (nSPS) is 11.7. The number of benzene rings is 1. The van der Waals surface area contributed by atoms with Gasteiger partial charge in [0.15, 0.2) is 6.10 Å². The lowest BCUT2D eigenvalue weighted by Crippen LogP contribution is -2.37. The predicted molar refractivity (Wildman–Crippen MR) is 91.0 cm³/mol. The largest absolute Gasteiger partial charge is 0.497 e. The first-order chi connectivity index (χ1) is 11.2. The lowest BCUT2D eigenvalue weighted by Gasteiger charge is -2.15. The van der Waals surface area contributed by atoms with Crippen LogP contribution in [0.2, 0.25) is 0 Å². The van der Waals surface area contributed by atoms with Crippen molar-refractivity contribution < 1.29 is 18.7 Å². The zero-order valence-corrected chi connectivity index (χ0v) is 14.1. The molecule has 0 saturated carbocycles. The molecule has 2 aromatic rings. The fourth-order valence-corrected chi connectivity index (χ4v) is 2.65. The van der Waals surface area contributed by atoms with E-state index in [-0.39, 0.29) is 5.91 Å². The summed E-state index contributed by atoms with van der Waals surface area (Å²) in [5.41, 5.74) is 0. The minimum Gasteiger partial charge on any atom is -0.497 e. The number of nitrogens with one attached hydrogen (secondary N) is 1. The summed E-state index contributed by atoms with van der Waals surface area (Å²) in [6.45, 7) is 2.32. The van der Waals surface area contributed by atoms with Crippen molar-refractivity contribution in [2.24, 2.45) is 0 Å². The van der Waals surface area contributed by atoms with Crippen LogP contribution in [-0.4, -0.2) is 31.4 Å². The van der Waals surface area contributed by atoms with Gasteiger partial charge in [0.1, 0.15) is 17.3 Å². The number of furan rings is 1. The van der Waals surface area contributed by atoms with E-state index in [4.69, 9.17) is 13.9 Å². The zero-order chi connectivity index (χ0) is 16.5. The van der Waals surface area contributed by atoms with E-state index < -0.39 is 6.10 Å². The van der Waals surface area contributed by atoms with Crippen molar-refractivity contribution in [2.45, 2.75) is 18.8 Å². The van der Waals surface area contributed by atoms with Gasteiger partial charge in [-0.2, -0.15) is 11.8 Å². The Hall–Kier alpha value is -2.08. The molecule has 0 aliphatic carbocycles. The molecule has 1 atom stereocenters. The quantitative estimate of drug-likeness (QED) is 0.714. The van der Waals surface area contributed by atoms with Crippen molar-refractivity contribution >= 4 is 17.7 Å². The van der Waals surface area contributed by atoms with Crippen molar-refractivity contribution in [1.82, 2.24) is 5.32 Å². The second-order valence-electron chi connectivity index (χ2n) is 4.86. The first kappa shape index (κ1) is 17.3. The highest BCUT2D eigenvalue weighted by Crippen LogP contribution is 2.20. The maximum Gasteiger partial charge on any atom is 0.260 e. The van der Waals surface area contributed by atoms with Gasteiger partial charge in [-0.05, 0) is 31.2 Å². The van der Waals surface area contributed by atoms with Crippen LogP contribution < -0.4 is 14.8 Å². The van der Waals surface area contributed by atoms with E-state index in [1.807, 2.05) is 24.3 Å². The molecule has 0 bridgehead atoms. The van der Waals surface area contributed by atoms with Gasteiger partial charge in [-0.1, -0.05) is 6.07 Å². The fourth-order valence-electron chi connectivity index (χ4n) is 1.89. The van der Waals surface area contributed by atoms with Crippen LogP contribution in [0.5, 0.6) is 11.5 Å². The summed E-state index contributed by atoms with van der Waals surface area (Å²) in [4.78, 5) is 12.0. The Morgan fingerprint density at radius 2 is 2.13 bits per heavy atom. The first-order valence-corrected chi connectivity index (χ1v) is 8.53. The molecule has 1 heterocycles. The van der Waals surface area contributed by atoms with Crippen molar-refractivity contribution in [1.29, 1.82) is 0 Å². The Kier molecular flexibility index (Phi) is 6.87. The Bertz CT molecular complexity index is 600. The van der Waals surface area contributed by atoms with Gasteiger partial charge in [-0.3, -0.25) is 4.79 Å². The van der Waals surface area contributed by atoms with E-state index >= 15 is 0 Å². The third kappa shape index (κ3) is 5.90. The van der Waals surface area contributed by atoms with E-state index in [9.17, 15) is 4.79 Å². The first-order valence-electron chi connectivity index (χ1n) is 7.37. The molecule has 1 N–H and O–H groups in total. The summed E-state index contributed by atoms with van der Waals surface area (Å²) in [5.74, 6) is 3.74. The van der Waals surface area contributed by atoms with Crippen molar-refractivity contribution in [3.63, 3.8) is 0 Å². The fraction of sp³-hybridized carbons (Fsp3) is 0.353. The van der Waals surface area contributed by atoms with Crippen LogP contribution in [0.25, 0.3) is 0 Å². The van der Waals surface area contributed by atoms with E-state index in [0.29, 0.717) is 18.0 Å². The highest BCUT2D eigenvalue weighted by Gasteiger charge is 2.14. The maximum atomic E-state index is 12.0. The van der Waals surface area contributed by atoms with Gasteiger partial charge < -0.3 is 19.2 Å². The van der Waals surface area contributed by atoms with Gasteiger partial charge >= 0.3 is 0 Å². The average Bonchev–Trinajstić information content (AvgIpc) is 3.08. The molecule has 0 unspecified atom stereocenters. The van der Waals surface area contributed by atoms with E-state index in [1.165, 1.54) is 0 Å². The summed E-state index contributed by atoms with van der Waals surface area (Å²) in [6, 6.07) is 11.0. The number of carbonyl (C=O) groups excluding carboxylic acids is 1. The number of hydrogen-bond donors (Lipinski definition) is 1. The predicted octanol–water partition coefficient (Wildman–Crippen LogP) is 3.11. The number of methoxy groups -OCH3 is 1. The second-order valence-corrected chi connectivity index (χ2v) is 5.97. The summed E-state index contributed by atoms with van der Waals surface area (Å²) >= 11 is 1.71. The molecule has 1 aromatic heterocycles. The van der Waals surface area contributed by atoms with Gasteiger partial charge in [0, 0.05) is 18.4 Å². The molecule has 2 rings (SSSR count). The third-order valence-electron chi connectivity index (χ3n) is 3.09. The number of ether oxygens (including phenoxy) is 2. The van der Waals surface area contributed by atoms with Crippen LogP contribution in [-0.2, 0) is 10.5 Å². The number of rotatable bonds is 9. The SMILES string of the molecule is COc1cccc(O[C@@H](C)C(=O)NCCSCc2ccco2)c1. The topological polar surface area (TPSA) is 60.7 Å². The van der Waals surface area contributed by atoms with Crippen LogP contribution in [0.1, 0.15) is 12.7 Å². The summed E-state index contributed by atoms with van der Waals surface area (Å²) in [7, 11) is 1.59. The summed E-state index contributed by atoms with van der Waals surface area (Å²) in [5, 5.41) is 2.86. The van der Waals surface area contributed by atoms with E-state index in [0.717, 1.165) is 17.3 Å². The minimum atomic E-state index is -0.558. The third-order valence-corrected chi connectivity index (χ3v) is 4.07. The molecule has 0 fully saturated rings. The Morgan fingerprint density at radius 3 is 2.87 bits per heavy atom. The standard InChI is InChI=1S/C17H21NO4S/c1-13(22-15-6-3-5-14(11-15)20-2)17(19)18-8-10-23-12-16-7-4-9-21-16/h3-7,9,11,13H,8,10,12H2,1-2H3,(H,18,19)/t13-/m0/s1. The van der Waals surface area contributed by atoms with Gasteiger partial charge in [-0.25, -0.2) is 0 Å². The van der Waals surface area contributed by atoms with Crippen LogP contribution >= 0.6 is 11.8 Å². The molecule has 0 radical (unpaired) electrons. The Balaban J connectivity index is 1.66. The Labute approximate surface area is 140 Å². The van der Waals surface area contributed by atoms with Crippen LogP contribution in [0, 0.1) is 0 Å². The Morgan fingerprint density at radius 1 is 1.30 bits per heavy atom. The zero-order valence-electron chi connectivity index (χ0n) is 13.3. The second kappa shape index (κ2) is 9.15. The lowest BCUT2D eigenvalue weighted by atomic mass is 10.3.